The smallest absolute Gasteiger partial charge is 0.225 e. The number of carbonyl (C=O) groups is 1. The fourth-order valence-corrected chi connectivity index (χ4v) is 3.70. The van der Waals surface area contributed by atoms with Gasteiger partial charge in [0.1, 0.15) is 11.9 Å². The Bertz CT molecular complexity index is 701. The quantitative estimate of drug-likeness (QED) is 0.877. The maximum Gasteiger partial charge on any atom is 0.225 e. The number of nitrogens with zero attached hydrogens (tertiary/aromatic N) is 1. The van der Waals surface area contributed by atoms with Gasteiger partial charge < -0.3 is 15.4 Å². The molecule has 2 atom stereocenters. The summed E-state index contributed by atoms with van der Waals surface area (Å²) in [7, 11) is 0. The number of ether oxygens (including phenoxy) is 1. The molecule has 1 amide bonds. The minimum Gasteiger partial charge on any atom is -0.489 e. The Balaban J connectivity index is 1.28. The van der Waals surface area contributed by atoms with Crippen molar-refractivity contribution in [1.29, 1.82) is 0 Å². The highest BCUT2D eigenvalue weighted by Crippen LogP contribution is 2.30. The van der Waals surface area contributed by atoms with Crippen molar-refractivity contribution >= 4 is 5.91 Å². The largest absolute Gasteiger partial charge is 0.489 e. The molecule has 2 aliphatic rings. The van der Waals surface area contributed by atoms with Crippen LogP contribution in [-0.4, -0.2) is 36.1 Å². The predicted molar refractivity (Wildman–Crippen MR) is 95.4 cm³/mol. The van der Waals surface area contributed by atoms with Crippen LogP contribution in [0.4, 0.5) is 0 Å². The number of amides is 1. The zero-order chi connectivity index (χ0) is 17.1. The molecule has 2 N–H and O–H groups in total. The van der Waals surface area contributed by atoms with Gasteiger partial charge in [0.2, 0.25) is 5.91 Å². The molecule has 130 valence electrons. The van der Waals surface area contributed by atoms with Crippen molar-refractivity contribution in [3.63, 3.8) is 0 Å². The average Bonchev–Trinajstić information content (AvgIpc) is 3.11. The van der Waals surface area contributed by atoms with Crippen LogP contribution in [0.5, 0.6) is 5.75 Å². The van der Waals surface area contributed by atoms with Crippen molar-refractivity contribution in [2.75, 3.05) is 13.1 Å². The Morgan fingerprint density at radius 3 is 2.72 bits per heavy atom. The summed E-state index contributed by atoms with van der Waals surface area (Å²) in [5.74, 6) is 1.20. The van der Waals surface area contributed by atoms with Gasteiger partial charge in [0, 0.05) is 44.1 Å². The molecule has 5 heteroatoms. The number of benzene rings is 1. The molecule has 1 aromatic carbocycles. The summed E-state index contributed by atoms with van der Waals surface area (Å²) in [5.41, 5.74) is 1.24. The Labute approximate surface area is 147 Å². The highest BCUT2D eigenvalue weighted by Gasteiger charge is 2.38. The SMILES string of the molecule is O=C(NC1CC(Oc2cccnc2)C1)[C@H]1CNC[C@@H]1c1ccccc1. The Morgan fingerprint density at radius 1 is 1.12 bits per heavy atom. The lowest BCUT2D eigenvalue weighted by Gasteiger charge is -2.36. The maximum absolute atomic E-state index is 12.7. The molecule has 0 radical (unpaired) electrons. The summed E-state index contributed by atoms with van der Waals surface area (Å²) in [6, 6.07) is 14.3. The Kier molecular flexibility index (Phi) is 4.65. The van der Waals surface area contributed by atoms with Gasteiger partial charge in [-0.15, -0.1) is 0 Å². The molecular weight excluding hydrogens is 314 g/mol. The first kappa shape index (κ1) is 16.1. The lowest BCUT2D eigenvalue weighted by atomic mass is 9.85. The Morgan fingerprint density at radius 2 is 1.96 bits per heavy atom. The van der Waals surface area contributed by atoms with E-state index in [0.29, 0.717) is 0 Å². The van der Waals surface area contributed by atoms with Crippen molar-refractivity contribution < 1.29 is 9.53 Å². The monoisotopic (exact) mass is 337 g/mol. The minimum absolute atomic E-state index is 0.000640. The fourth-order valence-electron chi connectivity index (χ4n) is 3.70. The summed E-state index contributed by atoms with van der Waals surface area (Å²) in [6.07, 6.45) is 5.34. The highest BCUT2D eigenvalue weighted by molar-refractivity contribution is 5.81. The van der Waals surface area contributed by atoms with Gasteiger partial charge in [0.05, 0.1) is 12.1 Å². The molecule has 5 nitrogen and oxygen atoms in total. The van der Waals surface area contributed by atoms with Gasteiger partial charge in [-0.25, -0.2) is 0 Å². The summed E-state index contributed by atoms with van der Waals surface area (Å²) in [6.45, 7) is 1.60. The van der Waals surface area contributed by atoms with Crippen LogP contribution in [-0.2, 0) is 4.79 Å². The highest BCUT2D eigenvalue weighted by atomic mass is 16.5. The molecule has 4 rings (SSSR count). The van der Waals surface area contributed by atoms with E-state index in [9.17, 15) is 4.79 Å². The Hall–Kier alpha value is -2.40. The zero-order valence-corrected chi connectivity index (χ0v) is 14.1. The van der Waals surface area contributed by atoms with Gasteiger partial charge in [0.25, 0.3) is 0 Å². The average molecular weight is 337 g/mol. The van der Waals surface area contributed by atoms with E-state index in [1.54, 1.807) is 12.4 Å². The maximum atomic E-state index is 12.7. The van der Waals surface area contributed by atoms with E-state index in [2.05, 4.69) is 27.8 Å². The first-order chi connectivity index (χ1) is 12.3. The molecule has 0 unspecified atom stereocenters. The standard InChI is InChI=1S/C20H23N3O2/c24-20(19-13-22-12-18(19)14-5-2-1-3-6-14)23-15-9-17(10-15)25-16-7-4-8-21-11-16/h1-8,11,15,17-19,22H,9-10,12-13H2,(H,23,24)/t15?,17?,18-,19+/m1/s1. The first-order valence-electron chi connectivity index (χ1n) is 8.92. The van der Waals surface area contributed by atoms with Crippen LogP contribution in [0.15, 0.2) is 54.9 Å². The van der Waals surface area contributed by atoms with Crippen molar-refractivity contribution in [2.24, 2.45) is 5.92 Å². The van der Waals surface area contributed by atoms with Crippen LogP contribution in [0.25, 0.3) is 0 Å². The number of carbonyl (C=O) groups excluding carboxylic acids is 1. The zero-order valence-electron chi connectivity index (χ0n) is 14.1. The lowest BCUT2D eigenvalue weighted by molar-refractivity contribution is -0.126. The van der Waals surface area contributed by atoms with Crippen molar-refractivity contribution in [1.82, 2.24) is 15.6 Å². The van der Waals surface area contributed by atoms with E-state index in [-0.39, 0.29) is 29.9 Å². The second-order valence-electron chi connectivity index (χ2n) is 6.89. The molecule has 1 aromatic heterocycles. The van der Waals surface area contributed by atoms with Gasteiger partial charge in [0.15, 0.2) is 0 Å². The molecular formula is C20H23N3O2. The van der Waals surface area contributed by atoms with Gasteiger partial charge in [-0.2, -0.15) is 0 Å². The number of pyridine rings is 1. The molecule has 25 heavy (non-hydrogen) atoms. The molecule has 2 fully saturated rings. The van der Waals surface area contributed by atoms with Gasteiger partial charge >= 0.3 is 0 Å². The van der Waals surface area contributed by atoms with Crippen molar-refractivity contribution in [3.8, 4) is 5.75 Å². The van der Waals surface area contributed by atoms with Crippen molar-refractivity contribution in [3.05, 3.63) is 60.4 Å². The van der Waals surface area contributed by atoms with Gasteiger partial charge in [-0.05, 0) is 17.7 Å². The molecule has 0 spiro atoms. The fraction of sp³-hybridized carbons (Fsp3) is 0.400. The topological polar surface area (TPSA) is 63.2 Å². The third kappa shape index (κ3) is 3.66. The van der Waals surface area contributed by atoms with E-state index in [0.717, 1.165) is 31.7 Å². The van der Waals surface area contributed by atoms with Crippen molar-refractivity contribution in [2.45, 2.75) is 30.9 Å². The number of nitrogens with one attached hydrogen (secondary N) is 2. The number of hydrogen-bond acceptors (Lipinski definition) is 4. The van der Waals surface area contributed by atoms with Crippen LogP contribution < -0.4 is 15.4 Å². The van der Waals surface area contributed by atoms with Crippen LogP contribution in [0.1, 0.15) is 24.3 Å². The summed E-state index contributed by atoms with van der Waals surface area (Å²) < 4.78 is 5.85. The molecule has 1 saturated carbocycles. The molecule has 0 bridgehead atoms. The summed E-state index contributed by atoms with van der Waals surface area (Å²) >= 11 is 0. The molecule has 1 aliphatic carbocycles. The van der Waals surface area contributed by atoms with E-state index >= 15 is 0 Å². The molecule has 2 heterocycles. The summed E-state index contributed by atoms with van der Waals surface area (Å²) in [5, 5.41) is 6.56. The second-order valence-corrected chi connectivity index (χ2v) is 6.89. The number of aromatic nitrogens is 1. The van der Waals surface area contributed by atoms with E-state index in [1.165, 1.54) is 5.56 Å². The number of hydrogen-bond donors (Lipinski definition) is 2. The third-order valence-electron chi connectivity index (χ3n) is 5.16. The molecule has 1 aliphatic heterocycles. The van der Waals surface area contributed by atoms with Gasteiger partial charge in [-0.3, -0.25) is 9.78 Å². The predicted octanol–water partition coefficient (Wildman–Crippen LogP) is 2.11. The number of rotatable bonds is 5. The van der Waals surface area contributed by atoms with Crippen LogP contribution >= 0.6 is 0 Å². The van der Waals surface area contributed by atoms with Crippen LogP contribution in [0.2, 0.25) is 0 Å². The van der Waals surface area contributed by atoms with Gasteiger partial charge in [-0.1, -0.05) is 30.3 Å². The first-order valence-corrected chi connectivity index (χ1v) is 8.92. The molecule has 1 saturated heterocycles. The van der Waals surface area contributed by atoms with Crippen LogP contribution in [0, 0.1) is 5.92 Å². The molecule has 2 aromatic rings. The normalized spacial score (nSPS) is 28.2. The van der Waals surface area contributed by atoms with E-state index < -0.39 is 0 Å². The van der Waals surface area contributed by atoms with Crippen LogP contribution in [0.3, 0.4) is 0 Å². The summed E-state index contributed by atoms with van der Waals surface area (Å²) in [4.78, 5) is 16.7. The lowest BCUT2D eigenvalue weighted by Crippen LogP contribution is -2.51. The van der Waals surface area contributed by atoms with E-state index in [4.69, 9.17) is 4.74 Å². The minimum atomic E-state index is 0.000640. The van der Waals surface area contributed by atoms with E-state index in [1.807, 2.05) is 30.3 Å². The third-order valence-corrected chi connectivity index (χ3v) is 5.16. The second kappa shape index (κ2) is 7.23.